The van der Waals surface area contributed by atoms with Crippen molar-refractivity contribution in [1.29, 1.82) is 0 Å². The maximum atomic E-state index is 10.6. The Bertz CT molecular complexity index is 639. The number of rotatable bonds is 9. The Morgan fingerprint density at radius 3 is 2.91 bits per heavy atom. The molecule has 7 nitrogen and oxygen atoms in total. The molecule has 0 saturated heterocycles. The lowest BCUT2D eigenvalue weighted by atomic mass is 10.2. The van der Waals surface area contributed by atoms with Crippen molar-refractivity contribution in [2.75, 3.05) is 32.6 Å². The summed E-state index contributed by atoms with van der Waals surface area (Å²) < 4.78 is 7.32. The summed E-state index contributed by atoms with van der Waals surface area (Å²) in [6.07, 6.45) is 1.45. The molecule has 1 aromatic carbocycles. The second-order valence-electron chi connectivity index (χ2n) is 5.55. The molecule has 0 aliphatic heterocycles. The van der Waals surface area contributed by atoms with Gasteiger partial charge in [0.25, 0.3) is 0 Å². The molecule has 23 heavy (non-hydrogen) atoms. The molecule has 0 spiro atoms. The molecule has 2 aromatic rings. The SMILES string of the molecule is CN(C)Cc1cccc(OCCCNc2nc(C=O)nn2C)c1. The van der Waals surface area contributed by atoms with Crippen molar-refractivity contribution in [3.8, 4) is 5.75 Å². The number of carbonyl (C=O) groups excluding carboxylic acids is 1. The van der Waals surface area contributed by atoms with Crippen LogP contribution < -0.4 is 10.1 Å². The molecule has 0 saturated carbocycles. The Kier molecular flexibility index (Phi) is 6.10. The molecule has 0 aliphatic rings. The minimum Gasteiger partial charge on any atom is -0.494 e. The van der Waals surface area contributed by atoms with Gasteiger partial charge in [0.15, 0.2) is 6.29 Å². The summed E-state index contributed by atoms with van der Waals surface area (Å²) in [5.41, 5.74) is 1.23. The standard InChI is InChI=1S/C16H23N5O2/c1-20(2)11-13-6-4-7-14(10-13)23-9-5-8-17-16-18-15(12-22)19-21(16)3/h4,6-7,10,12H,5,8-9,11H2,1-3H3,(H,17,18,19). The number of hydrogen-bond acceptors (Lipinski definition) is 6. The molecule has 124 valence electrons. The maximum Gasteiger partial charge on any atom is 0.221 e. The highest BCUT2D eigenvalue weighted by molar-refractivity contribution is 5.69. The van der Waals surface area contributed by atoms with E-state index >= 15 is 0 Å². The molecule has 0 unspecified atom stereocenters. The van der Waals surface area contributed by atoms with E-state index in [0.717, 1.165) is 18.7 Å². The quantitative estimate of drug-likeness (QED) is 0.559. The van der Waals surface area contributed by atoms with E-state index in [2.05, 4.69) is 32.4 Å². The zero-order valence-electron chi connectivity index (χ0n) is 13.8. The van der Waals surface area contributed by atoms with Gasteiger partial charge < -0.3 is 15.0 Å². The lowest BCUT2D eigenvalue weighted by Crippen LogP contribution is -2.11. The molecule has 0 radical (unpaired) electrons. The number of hydrogen-bond donors (Lipinski definition) is 1. The van der Waals surface area contributed by atoms with Gasteiger partial charge in [-0.3, -0.25) is 4.79 Å². The second-order valence-corrected chi connectivity index (χ2v) is 5.55. The van der Waals surface area contributed by atoms with Crippen molar-refractivity contribution in [2.45, 2.75) is 13.0 Å². The van der Waals surface area contributed by atoms with E-state index in [1.807, 2.05) is 26.2 Å². The molecule has 1 aromatic heterocycles. The first-order chi connectivity index (χ1) is 11.1. The summed E-state index contributed by atoms with van der Waals surface area (Å²) in [6, 6.07) is 8.12. The highest BCUT2D eigenvalue weighted by Crippen LogP contribution is 2.14. The van der Waals surface area contributed by atoms with Crippen LogP contribution in [0.4, 0.5) is 5.95 Å². The summed E-state index contributed by atoms with van der Waals surface area (Å²) in [4.78, 5) is 16.8. The Morgan fingerprint density at radius 2 is 2.22 bits per heavy atom. The Hall–Kier alpha value is -2.41. The van der Waals surface area contributed by atoms with Crippen LogP contribution in [0.5, 0.6) is 5.75 Å². The summed E-state index contributed by atoms with van der Waals surface area (Å²) in [5.74, 6) is 1.65. The second kappa shape index (κ2) is 8.28. The summed E-state index contributed by atoms with van der Waals surface area (Å²) >= 11 is 0. The highest BCUT2D eigenvalue weighted by Gasteiger charge is 2.05. The van der Waals surface area contributed by atoms with Crippen LogP contribution in [0.1, 0.15) is 22.6 Å². The fraction of sp³-hybridized carbons (Fsp3) is 0.438. The van der Waals surface area contributed by atoms with Crippen molar-refractivity contribution in [1.82, 2.24) is 19.7 Å². The number of carbonyl (C=O) groups is 1. The van der Waals surface area contributed by atoms with Crippen LogP contribution >= 0.6 is 0 Å². The van der Waals surface area contributed by atoms with Crippen LogP contribution in [0.25, 0.3) is 0 Å². The van der Waals surface area contributed by atoms with Gasteiger partial charge in [-0.05, 0) is 38.2 Å². The Balaban J connectivity index is 1.73. The number of benzene rings is 1. The van der Waals surface area contributed by atoms with E-state index in [-0.39, 0.29) is 5.82 Å². The minimum absolute atomic E-state index is 0.184. The van der Waals surface area contributed by atoms with E-state index in [9.17, 15) is 4.79 Å². The van der Waals surface area contributed by atoms with Crippen LogP contribution in [0.3, 0.4) is 0 Å². The van der Waals surface area contributed by atoms with E-state index in [0.29, 0.717) is 25.4 Å². The smallest absolute Gasteiger partial charge is 0.221 e. The van der Waals surface area contributed by atoms with Gasteiger partial charge in [-0.15, -0.1) is 5.10 Å². The van der Waals surface area contributed by atoms with Crippen LogP contribution in [-0.4, -0.2) is 53.2 Å². The molecular formula is C16H23N5O2. The molecule has 0 fully saturated rings. The molecule has 2 rings (SSSR count). The van der Waals surface area contributed by atoms with Gasteiger partial charge >= 0.3 is 0 Å². The van der Waals surface area contributed by atoms with Crippen molar-refractivity contribution in [3.63, 3.8) is 0 Å². The van der Waals surface area contributed by atoms with Crippen LogP contribution in [-0.2, 0) is 13.6 Å². The fourth-order valence-electron chi connectivity index (χ4n) is 2.17. The van der Waals surface area contributed by atoms with Gasteiger partial charge in [0, 0.05) is 20.1 Å². The number of nitrogens with zero attached hydrogens (tertiary/aromatic N) is 4. The first kappa shape index (κ1) is 17.0. The van der Waals surface area contributed by atoms with Crippen molar-refractivity contribution >= 4 is 12.2 Å². The third kappa shape index (κ3) is 5.37. The van der Waals surface area contributed by atoms with E-state index < -0.39 is 0 Å². The van der Waals surface area contributed by atoms with E-state index in [1.54, 1.807) is 11.7 Å². The Labute approximate surface area is 136 Å². The number of anilines is 1. The van der Waals surface area contributed by atoms with E-state index in [1.165, 1.54) is 5.56 Å². The lowest BCUT2D eigenvalue weighted by Gasteiger charge is -2.12. The topological polar surface area (TPSA) is 72.3 Å². The maximum absolute atomic E-state index is 10.6. The molecule has 0 atom stereocenters. The predicted molar refractivity (Wildman–Crippen MR) is 88.8 cm³/mol. The zero-order chi connectivity index (χ0) is 16.7. The summed E-state index contributed by atoms with van der Waals surface area (Å²) in [7, 11) is 5.83. The number of aldehydes is 1. The third-order valence-electron chi connectivity index (χ3n) is 3.16. The zero-order valence-corrected chi connectivity index (χ0v) is 13.8. The van der Waals surface area contributed by atoms with Gasteiger partial charge in [-0.2, -0.15) is 4.98 Å². The van der Waals surface area contributed by atoms with Gasteiger partial charge in [0.2, 0.25) is 11.8 Å². The van der Waals surface area contributed by atoms with Crippen molar-refractivity contribution in [3.05, 3.63) is 35.7 Å². The molecule has 1 N–H and O–H groups in total. The van der Waals surface area contributed by atoms with E-state index in [4.69, 9.17) is 4.74 Å². The number of nitrogens with one attached hydrogen (secondary N) is 1. The minimum atomic E-state index is 0.184. The molecule has 0 aliphatic carbocycles. The molecule has 0 amide bonds. The van der Waals surface area contributed by atoms with Crippen LogP contribution in [0.15, 0.2) is 24.3 Å². The average Bonchev–Trinajstić information content (AvgIpc) is 2.87. The van der Waals surface area contributed by atoms with Crippen LogP contribution in [0.2, 0.25) is 0 Å². The summed E-state index contributed by atoms with van der Waals surface area (Å²) in [5, 5.41) is 7.08. The Morgan fingerprint density at radius 1 is 1.39 bits per heavy atom. The number of aromatic nitrogens is 3. The number of aryl methyl sites for hydroxylation is 1. The third-order valence-corrected chi connectivity index (χ3v) is 3.16. The first-order valence-electron chi connectivity index (χ1n) is 7.55. The molecular weight excluding hydrogens is 294 g/mol. The summed E-state index contributed by atoms with van der Waals surface area (Å²) in [6.45, 7) is 2.20. The monoisotopic (exact) mass is 317 g/mol. The van der Waals surface area contributed by atoms with Gasteiger partial charge in [0.05, 0.1) is 6.61 Å². The largest absolute Gasteiger partial charge is 0.494 e. The van der Waals surface area contributed by atoms with Crippen molar-refractivity contribution in [2.24, 2.45) is 7.05 Å². The van der Waals surface area contributed by atoms with Crippen molar-refractivity contribution < 1.29 is 9.53 Å². The fourth-order valence-corrected chi connectivity index (χ4v) is 2.17. The highest BCUT2D eigenvalue weighted by atomic mass is 16.5. The van der Waals surface area contributed by atoms with Gasteiger partial charge in [0.1, 0.15) is 5.75 Å². The first-order valence-corrected chi connectivity index (χ1v) is 7.55. The molecule has 0 bridgehead atoms. The predicted octanol–water partition coefficient (Wildman–Crippen LogP) is 1.57. The van der Waals surface area contributed by atoms with Crippen LogP contribution in [0, 0.1) is 0 Å². The average molecular weight is 317 g/mol. The molecule has 7 heteroatoms. The molecule has 1 heterocycles. The normalized spacial score (nSPS) is 10.8. The lowest BCUT2D eigenvalue weighted by molar-refractivity contribution is 0.111. The number of ether oxygens (including phenoxy) is 1. The van der Waals surface area contributed by atoms with Gasteiger partial charge in [-0.25, -0.2) is 4.68 Å². The van der Waals surface area contributed by atoms with Gasteiger partial charge in [-0.1, -0.05) is 12.1 Å².